The SMILES string of the molecule is CN1C(=O)C(Nc2nc(=NC3CC3)n3nc/c(=C\c4[nH]c(=O)[nH]c4O)c3n2)c2ccccc21. The van der Waals surface area contributed by atoms with Crippen LogP contribution in [0.4, 0.5) is 11.6 Å². The van der Waals surface area contributed by atoms with Gasteiger partial charge < -0.3 is 20.3 Å². The molecule has 2 aliphatic rings. The lowest BCUT2D eigenvalue weighted by molar-refractivity contribution is -0.118. The molecule has 1 atom stereocenters. The number of nitrogens with one attached hydrogen (secondary N) is 3. The summed E-state index contributed by atoms with van der Waals surface area (Å²) in [7, 11) is 1.73. The van der Waals surface area contributed by atoms with Crippen LogP contribution in [0.15, 0.2) is 40.2 Å². The summed E-state index contributed by atoms with van der Waals surface area (Å²) in [5.74, 6) is -0.173. The fourth-order valence-corrected chi connectivity index (χ4v) is 3.90. The van der Waals surface area contributed by atoms with Crippen LogP contribution in [0.5, 0.6) is 5.88 Å². The summed E-state index contributed by atoms with van der Waals surface area (Å²) in [5, 5.41) is 18.0. The van der Waals surface area contributed by atoms with Gasteiger partial charge in [-0.1, -0.05) is 18.2 Å². The van der Waals surface area contributed by atoms with Crippen LogP contribution < -0.4 is 26.7 Å². The minimum Gasteiger partial charge on any atom is -0.493 e. The lowest BCUT2D eigenvalue weighted by Gasteiger charge is -2.13. The normalized spacial score (nSPS) is 19.0. The van der Waals surface area contributed by atoms with Crippen molar-refractivity contribution < 1.29 is 9.90 Å². The molecular weight excluding hydrogens is 426 g/mol. The van der Waals surface area contributed by atoms with Crippen LogP contribution in [0.3, 0.4) is 0 Å². The molecule has 0 spiro atoms. The summed E-state index contributed by atoms with van der Waals surface area (Å²) < 4.78 is 1.51. The largest absolute Gasteiger partial charge is 0.493 e. The zero-order valence-electron chi connectivity index (χ0n) is 17.5. The number of para-hydroxylation sites is 1. The Labute approximate surface area is 185 Å². The van der Waals surface area contributed by atoms with E-state index in [0.29, 0.717) is 16.5 Å². The zero-order valence-corrected chi connectivity index (χ0v) is 17.5. The molecule has 0 saturated heterocycles. The van der Waals surface area contributed by atoms with E-state index in [2.05, 4.69) is 35.3 Å². The number of likely N-dealkylation sites (N-methyl/N-ethyl adjacent to an activating group) is 1. The van der Waals surface area contributed by atoms with Crippen LogP contribution >= 0.6 is 0 Å². The molecule has 1 aliphatic heterocycles. The molecule has 0 bridgehead atoms. The Bertz CT molecular complexity index is 1600. The van der Waals surface area contributed by atoms with Gasteiger partial charge in [-0.15, -0.1) is 0 Å². The second kappa shape index (κ2) is 7.02. The van der Waals surface area contributed by atoms with E-state index in [0.717, 1.165) is 24.1 Å². The van der Waals surface area contributed by atoms with Gasteiger partial charge in [0.05, 0.1) is 12.2 Å². The molecule has 1 aliphatic carbocycles. The molecule has 6 rings (SSSR count). The minimum atomic E-state index is -0.636. The Morgan fingerprint density at radius 1 is 1.21 bits per heavy atom. The number of benzene rings is 1. The fraction of sp³-hybridized carbons (Fsp3) is 0.238. The lowest BCUT2D eigenvalue weighted by Crippen LogP contribution is -2.30. The van der Waals surface area contributed by atoms with Crippen LogP contribution in [-0.4, -0.2) is 53.7 Å². The standard InChI is InChI=1S/C21H19N9O3/c1-29-14-5-3-2-4-12(14)15(18(29)32)25-19-26-16-10(8-13-17(31)27-21(33)24-13)9-22-30(16)20(28-19)23-11-6-7-11/h2-5,8-9,11,15,31H,6-7H2,1H3,(H,23,25,28)(H2,24,27,33)/b10-8+. The number of carbonyl (C=O) groups is 1. The molecule has 33 heavy (non-hydrogen) atoms. The van der Waals surface area contributed by atoms with E-state index in [1.54, 1.807) is 24.2 Å². The highest BCUT2D eigenvalue weighted by Crippen LogP contribution is 2.35. The van der Waals surface area contributed by atoms with Crippen molar-refractivity contribution >= 4 is 29.3 Å². The van der Waals surface area contributed by atoms with Gasteiger partial charge in [-0.2, -0.15) is 19.6 Å². The Hall–Kier alpha value is -4.48. The molecule has 4 aromatic rings. The summed E-state index contributed by atoms with van der Waals surface area (Å²) in [6.45, 7) is 0. The molecule has 12 nitrogen and oxygen atoms in total. The van der Waals surface area contributed by atoms with Crippen LogP contribution in [0.1, 0.15) is 30.1 Å². The first-order chi connectivity index (χ1) is 16.0. The van der Waals surface area contributed by atoms with E-state index in [-0.39, 0.29) is 29.5 Å². The third-order valence-electron chi connectivity index (χ3n) is 5.72. The summed E-state index contributed by atoms with van der Waals surface area (Å²) >= 11 is 0. The predicted octanol–water partition coefficient (Wildman–Crippen LogP) is -0.413. The van der Waals surface area contributed by atoms with Crippen molar-refractivity contribution in [2.24, 2.45) is 4.99 Å². The fourth-order valence-electron chi connectivity index (χ4n) is 3.90. The number of nitrogens with zero attached hydrogens (tertiary/aromatic N) is 6. The number of amides is 1. The Balaban J connectivity index is 1.50. The van der Waals surface area contributed by atoms with Crippen LogP contribution in [-0.2, 0) is 4.79 Å². The third kappa shape index (κ3) is 3.23. The maximum absolute atomic E-state index is 12.9. The van der Waals surface area contributed by atoms with Gasteiger partial charge in [0.2, 0.25) is 11.8 Å². The first-order valence-corrected chi connectivity index (χ1v) is 10.4. The summed E-state index contributed by atoms with van der Waals surface area (Å²) in [6, 6.07) is 7.09. The highest BCUT2D eigenvalue weighted by molar-refractivity contribution is 6.05. The first kappa shape index (κ1) is 19.2. The van der Waals surface area contributed by atoms with Crippen molar-refractivity contribution in [1.82, 2.24) is 29.5 Å². The maximum Gasteiger partial charge on any atom is 0.326 e. The van der Waals surface area contributed by atoms with Gasteiger partial charge >= 0.3 is 5.69 Å². The molecule has 166 valence electrons. The Kier molecular flexibility index (Phi) is 4.09. The predicted molar refractivity (Wildman–Crippen MR) is 117 cm³/mol. The number of hydrogen-bond acceptors (Lipinski definition) is 8. The molecule has 1 saturated carbocycles. The number of H-pyrrole nitrogens is 2. The Morgan fingerprint density at radius 3 is 2.79 bits per heavy atom. The topological polar surface area (TPSA) is 157 Å². The number of rotatable bonds is 4. The number of fused-ring (bicyclic) bond motifs is 2. The molecule has 12 heteroatoms. The molecule has 3 aromatic heterocycles. The van der Waals surface area contributed by atoms with E-state index < -0.39 is 11.7 Å². The van der Waals surface area contributed by atoms with E-state index >= 15 is 0 Å². The highest BCUT2D eigenvalue weighted by Gasteiger charge is 2.35. The lowest BCUT2D eigenvalue weighted by atomic mass is 10.1. The van der Waals surface area contributed by atoms with Crippen molar-refractivity contribution in [2.45, 2.75) is 24.9 Å². The number of hydrogen-bond donors (Lipinski definition) is 4. The number of aromatic amines is 2. The number of aromatic nitrogens is 6. The summed E-state index contributed by atoms with van der Waals surface area (Å²) in [5.41, 5.74) is 2.12. The molecule has 1 fully saturated rings. The smallest absolute Gasteiger partial charge is 0.326 e. The first-order valence-electron chi connectivity index (χ1n) is 10.4. The zero-order chi connectivity index (χ0) is 22.7. The molecule has 0 radical (unpaired) electrons. The quantitative estimate of drug-likeness (QED) is 0.332. The monoisotopic (exact) mass is 445 g/mol. The van der Waals surface area contributed by atoms with Crippen molar-refractivity contribution in [2.75, 3.05) is 17.3 Å². The van der Waals surface area contributed by atoms with Crippen LogP contribution in [0, 0.1) is 0 Å². The molecule has 1 unspecified atom stereocenters. The van der Waals surface area contributed by atoms with Gasteiger partial charge in [-0.25, -0.2) is 9.79 Å². The highest BCUT2D eigenvalue weighted by atomic mass is 16.3. The number of carbonyl (C=O) groups excluding carboxylic acids is 1. The minimum absolute atomic E-state index is 0.115. The van der Waals surface area contributed by atoms with E-state index in [9.17, 15) is 14.7 Å². The molecular formula is C21H19N9O3. The van der Waals surface area contributed by atoms with Gasteiger partial charge in [0.1, 0.15) is 11.7 Å². The maximum atomic E-state index is 12.9. The van der Waals surface area contributed by atoms with Gasteiger partial charge in [0.15, 0.2) is 5.65 Å². The second-order valence-corrected chi connectivity index (χ2v) is 8.06. The van der Waals surface area contributed by atoms with Gasteiger partial charge in [-0.3, -0.25) is 9.78 Å². The molecule has 1 amide bonds. The van der Waals surface area contributed by atoms with Crippen molar-refractivity contribution in [3.8, 4) is 5.88 Å². The van der Waals surface area contributed by atoms with Gasteiger partial charge in [0.25, 0.3) is 11.5 Å². The van der Waals surface area contributed by atoms with Gasteiger partial charge in [0, 0.05) is 23.5 Å². The average Bonchev–Trinajstić information content (AvgIpc) is 3.37. The number of imidazole rings is 1. The van der Waals surface area contributed by atoms with E-state index in [4.69, 9.17) is 0 Å². The van der Waals surface area contributed by atoms with Gasteiger partial charge in [-0.05, 0) is 25.0 Å². The molecule has 1 aromatic carbocycles. The summed E-state index contributed by atoms with van der Waals surface area (Å²) in [4.78, 5) is 44.5. The summed E-state index contributed by atoms with van der Waals surface area (Å²) in [6.07, 6.45) is 5.06. The third-order valence-corrected chi connectivity index (χ3v) is 5.72. The van der Waals surface area contributed by atoms with Crippen molar-refractivity contribution in [3.63, 3.8) is 0 Å². The number of anilines is 2. The second-order valence-electron chi connectivity index (χ2n) is 8.06. The molecule has 4 N–H and O–H groups in total. The van der Waals surface area contributed by atoms with Crippen molar-refractivity contribution in [1.29, 1.82) is 0 Å². The van der Waals surface area contributed by atoms with Crippen molar-refractivity contribution in [3.05, 3.63) is 63.0 Å². The average molecular weight is 445 g/mol. The van der Waals surface area contributed by atoms with E-state index in [1.807, 2.05) is 24.3 Å². The molecule has 4 heterocycles. The Morgan fingerprint density at radius 2 is 2.03 bits per heavy atom. The van der Waals surface area contributed by atoms with Crippen LogP contribution in [0.25, 0.3) is 11.7 Å². The number of aromatic hydroxyl groups is 1. The van der Waals surface area contributed by atoms with Crippen LogP contribution in [0.2, 0.25) is 0 Å². The van der Waals surface area contributed by atoms with E-state index in [1.165, 1.54) is 4.52 Å².